The number of anilines is 1. The van der Waals surface area contributed by atoms with E-state index in [4.69, 9.17) is 0 Å². The van der Waals surface area contributed by atoms with E-state index >= 15 is 0 Å². The number of halogens is 3. The minimum absolute atomic E-state index is 0.196. The first-order valence-electron chi connectivity index (χ1n) is 9.69. The van der Waals surface area contributed by atoms with Gasteiger partial charge in [0.05, 0.1) is 12.0 Å². The fourth-order valence-electron chi connectivity index (χ4n) is 3.53. The average molecular weight is 396 g/mol. The number of alkyl halides is 3. The van der Waals surface area contributed by atoms with E-state index in [1.54, 1.807) is 12.1 Å². The lowest BCUT2D eigenvalue weighted by molar-refractivity contribution is -0.274. The van der Waals surface area contributed by atoms with Crippen LogP contribution >= 0.6 is 0 Å². The highest BCUT2D eigenvalue weighted by Crippen LogP contribution is 2.25. The number of imidazole rings is 1. The highest BCUT2D eigenvalue weighted by Gasteiger charge is 2.31. The van der Waals surface area contributed by atoms with Gasteiger partial charge in [0.2, 0.25) is 0 Å². The monoisotopic (exact) mass is 396 g/mol. The number of likely N-dealkylation sites (tertiary alicyclic amines) is 1. The Bertz CT molecular complexity index is 722. The minimum Gasteiger partial charge on any atom is -0.406 e. The van der Waals surface area contributed by atoms with Crippen molar-refractivity contribution < 1.29 is 17.9 Å². The molecule has 0 saturated carbocycles. The number of nitrogens with zero attached hydrogens (tertiary/aromatic N) is 3. The van der Waals surface area contributed by atoms with E-state index in [2.05, 4.69) is 26.1 Å². The highest BCUT2D eigenvalue weighted by molar-refractivity contribution is 5.47. The van der Waals surface area contributed by atoms with E-state index in [0.717, 1.165) is 63.1 Å². The van der Waals surface area contributed by atoms with Gasteiger partial charge in [-0.1, -0.05) is 0 Å². The Labute approximate surface area is 163 Å². The van der Waals surface area contributed by atoms with Gasteiger partial charge >= 0.3 is 6.36 Å². The van der Waals surface area contributed by atoms with Crippen LogP contribution in [0, 0.1) is 0 Å². The van der Waals surface area contributed by atoms with Crippen LogP contribution in [0.1, 0.15) is 31.4 Å². The third-order valence-corrected chi connectivity index (χ3v) is 4.96. The molecule has 1 fully saturated rings. The first kappa shape index (κ1) is 20.5. The van der Waals surface area contributed by atoms with Crippen molar-refractivity contribution in [3.05, 3.63) is 42.5 Å². The van der Waals surface area contributed by atoms with E-state index in [0.29, 0.717) is 6.04 Å². The molecule has 2 heterocycles. The summed E-state index contributed by atoms with van der Waals surface area (Å²) in [7, 11) is 1.99. The molecular weight excluding hydrogens is 369 g/mol. The molecule has 1 saturated heterocycles. The van der Waals surface area contributed by atoms with Gasteiger partial charge in [0.25, 0.3) is 0 Å². The molecule has 0 radical (unpaired) electrons. The van der Waals surface area contributed by atoms with Crippen molar-refractivity contribution in [2.45, 2.75) is 44.5 Å². The number of piperidine rings is 1. The second-order valence-corrected chi connectivity index (χ2v) is 7.32. The van der Waals surface area contributed by atoms with Gasteiger partial charge < -0.3 is 19.5 Å². The molecule has 1 aromatic heterocycles. The Morgan fingerprint density at radius 3 is 2.46 bits per heavy atom. The van der Waals surface area contributed by atoms with Gasteiger partial charge in [0.15, 0.2) is 0 Å². The predicted octanol–water partition coefficient (Wildman–Crippen LogP) is 4.22. The molecule has 1 aliphatic heterocycles. The molecule has 0 spiro atoms. The minimum atomic E-state index is -4.65. The molecule has 1 N–H and O–H groups in total. The molecule has 0 atom stereocenters. The van der Waals surface area contributed by atoms with Gasteiger partial charge in [-0.3, -0.25) is 0 Å². The summed E-state index contributed by atoms with van der Waals surface area (Å²) in [6, 6.07) is 6.29. The number of hydrogen-bond acceptors (Lipinski definition) is 4. The molecule has 28 heavy (non-hydrogen) atoms. The van der Waals surface area contributed by atoms with Crippen molar-refractivity contribution in [3.8, 4) is 5.75 Å². The molecule has 1 aromatic carbocycles. The standard InChI is InChI=1S/C20H27F3N4O/c1-26-14-18(24-15-26)4-2-3-11-27-12-9-17(10-13-27)25-16-5-7-19(8-6-16)28-20(21,22)23/h5-8,14-15,17,25H,2-4,9-13H2,1H3. The number of rotatable bonds is 8. The summed E-state index contributed by atoms with van der Waals surface area (Å²) in [6.45, 7) is 3.18. The van der Waals surface area contributed by atoms with E-state index in [9.17, 15) is 13.2 Å². The number of hydrogen-bond donors (Lipinski definition) is 1. The lowest BCUT2D eigenvalue weighted by atomic mass is 10.0. The maximum absolute atomic E-state index is 12.2. The highest BCUT2D eigenvalue weighted by atomic mass is 19.4. The quantitative estimate of drug-likeness (QED) is 0.679. The van der Waals surface area contributed by atoms with Gasteiger partial charge in [-0.25, -0.2) is 4.98 Å². The molecule has 154 valence electrons. The number of unbranched alkanes of at least 4 members (excludes halogenated alkanes) is 1. The predicted molar refractivity (Wildman–Crippen MR) is 102 cm³/mol. The van der Waals surface area contributed by atoms with Crippen LogP contribution in [0.15, 0.2) is 36.8 Å². The summed E-state index contributed by atoms with van der Waals surface area (Å²) in [5.74, 6) is -0.196. The molecule has 8 heteroatoms. The summed E-state index contributed by atoms with van der Waals surface area (Å²) in [5, 5.41) is 3.41. The number of aromatic nitrogens is 2. The van der Waals surface area contributed by atoms with Gasteiger partial charge in [0, 0.05) is 38.1 Å². The fourth-order valence-corrected chi connectivity index (χ4v) is 3.53. The Balaban J connectivity index is 1.32. The third-order valence-electron chi connectivity index (χ3n) is 4.96. The molecule has 0 bridgehead atoms. The molecular formula is C20H27F3N4O. The second-order valence-electron chi connectivity index (χ2n) is 7.32. The lowest BCUT2D eigenvalue weighted by Crippen LogP contribution is -2.39. The molecule has 2 aromatic rings. The zero-order chi connectivity index (χ0) is 20.0. The number of aryl methyl sites for hydroxylation is 2. The SMILES string of the molecule is Cn1cnc(CCCCN2CCC(Nc3ccc(OC(F)(F)F)cc3)CC2)c1. The summed E-state index contributed by atoms with van der Waals surface area (Å²) in [6.07, 6.45) is 4.63. The van der Waals surface area contributed by atoms with Gasteiger partial charge in [-0.2, -0.15) is 0 Å². The van der Waals surface area contributed by atoms with Crippen molar-refractivity contribution in [2.75, 3.05) is 25.0 Å². The molecule has 0 aliphatic carbocycles. The first-order valence-corrected chi connectivity index (χ1v) is 9.69. The number of benzene rings is 1. The third kappa shape index (κ3) is 6.74. The zero-order valence-corrected chi connectivity index (χ0v) is 16.1. The van der Waals surface area contributed by atoms with Crippen LogP contribution in [0.4, 0.5) is 18.9 Å². The number of ether oxygens (including phenoxy) is 1. The Kier molecular flexibility index (Phi) is 6.83. The molecule has 5 nitrogen and oxygen atoms in total. The normalized spacial score (nSPS) is 16.3. The van der Waals surface area contributed by atoms with Crippen LogP contribution in [0.3, 0.4) is 0 Å². The van der Waals surface area contributed by atoms with Crippen LogP contribution in [0.5, 0.6) is 5.75 Å². The fraction of sp³-hybridized carbons (Fsp3) is 0.550. The van der Waals surface area contributed by atoms with Gasteiger partial charge in [0.1, 0.15) is 5.75 Å². The lowest BCUT2D eigenvalue weighted by Gasteiger charge is -2.32. The topological polar surface area (TPSA) is 42.3 Å². The average Bonchev–Trinajstić information content (AvgIpc) is 3.06. The van der Waals surface area contributed by atoms with E-state index < -0.39 is 6.36 Å². The van der Waals surface area contributed by atoms with Crippen molar-refractivity contribution in [1.82, 2.24) is 14.5 Å². The molecule has 0 amide bonds. The van der Waals surface area contributed by atoms with Crippen molar-refractivity contribution in [1.29, 1.82) is 0 Å². The number of nitrogens with one attached hydrogen (secondary N) is 1. The maximum atomic E-state index is 12.2. The largest absolute Gasteiger partial charge is 0.573 e. The second kappa shape index (κ2) is 9.32. The van der Waals surface area contributed by atoms with Gasteiger partial charge in [-0.05, 0) is 62.9 Å². The van der Waals surface area contributed by atoms with Gasteiger partial charge in [-0.15, -0.1) is 13.2 Å². The van der Waals surface area contributed by atoms with Crippen molar-refractivity contribution in [3.63, 3.8) is 0 Å². The molecule has 1 aliphatic rings. The smallest absolute Gasteiger partial charge is 0.406 e. The molecule has 3 rings (SSSR count). The van der Waals surface area contributed by atoms with E-state index in [1.807, 2.05) is 17.9 Å². The summed E-state index contributed by atoms with van der Waals surface area (Å²) in [5.41, 5.74) is 1.97. The van der Waals surface area contributed by atoms with E-state index in [1.165, 1.54) is 12.1 Å². The van der Waals surface area contributed by atoms with Crippen molar-refractivity contribution >= 4 is 5.69 Å². The summed E-state index contributed by atoms with van der Waals surface area (Å²) in [4.78, 5) is 6.83. The van der Waals surface area contributed by atoms with Crippen LogP contribution < -0.4 is 10.1 Å². The maximum Gasteiger partial charge on any atom is 0.573 e. The Morgan fingerprint density at radius 1 is 1.14 bits per heavy atom. The zero-order valence-electron chi connectivity index (χ0n) is 16.1. The Morgan fingerprint density at radius 2 is 1.86 bits per heavy atom. The summed E-state index contributed by atoms with van der Waals surface area (Å²) >= 11 is 0. The van der Waals surface area contributed by atoms with Crippen LogP contribution in [0.25, 0.3) is 0 Å². The van der Waals surface area contributed by atoms with Crippen LogP contribution in [-0.2, 0) is 13.5 Å². The first-order chi connectivity index (χ1) is 13.4. The summed E-state index contributed by atoms with van der Waals surface area (Å²) < 4.78 is 42.5. The Hall–Kier alpha value is -2.22. The van der Waals surface area contributed by atoms with Crippen LogP contribution in [0.2, 0.25) is 0 Å². The molecule has 0 unspecified atom stereocenters. The van der Waals surface area contributed by atoms with E-state index in [-0.39, 0.29) is 5.75 Å². The van der Waals surface area contributed by atoms with Crippen LogP contribution in [-0.4, -0.2) is 46.5 Å². The van der Waals surface area contributed by atoms with Crippen molar-refractivity contribution in [2.24, 2.45) is 7.05 Å².